The summed E-state index contributed by atoms with van der Waals surface area (Å²) in [6.45, 7) is 8.97. The van der Waals surface area contributed by atoms with Crippen LogP contribution in [0.1, 0.15) is 79.1 Å². The average molecular weight is 306 g/mol. The van der Waals surface area contributed by atoms with Gasteiger partial charge in [0.15, 0.2) is 0 Å². The van der Waals surface area contributed by atoms with Crippen LogP contribution in [0.3, 0.4) is 0 Å². The highest BCUT2D eigenvalue weighted by Gasteiger charge is 2.56. The van der Waals surface area contributed by atoms with Crippen molar-refractivity contribution in [2.24, 2.45) is 10.8 Å². The number of hydrogen-bond acceptors (Lipinski definition) is 2. The van der Waals surface area contributed by atoms with Gasteiger partial charge in [0.05, 0.1) is 0 Å². The van der Waals surface area contributed by atoms with E-state index < -0.39 is 11.1 Å². The van der Waals surface area contributed by atoms with Gasteiger partial charge in [0.1, 0.15) is 11.1 Å². The van der Waals surface area contributed by atoms with Crippen LogP contribution in [0.4, 0.5) is 0 Å². The highest BCUT2D eigenvalue weighted by molar-refractivity contribution is 6.02. The summed E-state index contributed by atoms with van der Waals surface area (Å²) in [5.41, 5.74) is -0.740. The van der Waals surface area contributed by atoms with Crippen molar-refractivity contribution >= 4 is 11.8 Å². The van der Waals surface area contributed by atoms with E-state index >= 15 is 0 Å². The quantitative estimate of drug-likeness (QED) is 0.723. The summed E-state index contributed by atoms with van der Waals surface area (Å²) >= 11 is 0. The van der Waals surface area contributed by atoms with E-state index in [1.54, 1.807) is 0 Å². The molecule has 0 aromatic carbocycles. The Hall–Kier alpha value is -1.06. The zero-order chi connectivity index (χ0) is 16.2. The second-order valence-corrected chi connectivity index (χ2v) is 9.40. The molecule has 2 amide bonds. The Kier molecular flexibility index (Phi) is 3.39. The number of nitrogens with one attached hydrogen (secondary N) is 2. The molecule has 1 heterocycles. The Labute approximate surface area is 133 Å². The van der Waals surface area contributed by atoms with Gasteiger partial charge in [0, 0.05) is 0 Å². The van der Waals surface area contributed by atoms with Crippen LogP contribution in [0.25, 0.3) is 0 Å². The zero-order valence-corrected chi connectivity index (χ0v) is 14.5. The summed E-state index contributed by atoms with van der Waals surface area (Å²) in [5.74, 6) is 0.115. The molecule has 0 aromatic heterocycles. The highest BCUT2D eigenvalue weighted by Crippen LogP contribution is 2.45. The molecular formula is C18H30N2O2. The fourth-order valence-electron chi connectivity index (χ4n) is 4.20. The topological polar surface area (TPSA) is 58.2 Å². The Bertz CT molecular complexity index is 441. The first-order chi connectivity index (χ1) is 10.1. The van der Waals surface area contributed by atoms with Crippen molar-refractivity contribution < 1.29 is 9.59 Å². The maximum atomic E-state index is 12.8. The van der Waals surface area contributed by atoms with Crippen molar-refractivity contribution in [3.05, 3.63) is 0 Å². The first kappa shape index (κ1) is 15.8. The molecule has 1 saturated heterocycles. The minimum absolute atomic E-state index is 0.0577. The van der Waals surface area contributed by atoms with Crippen molar-refractivity contribution in [3.8, 4) is 0 Å². The molecule has 4 nitrogen and oxygen atoms in total. The lowest BCUT2D eigenvalue weighted by atomic mass is 9.64. The fourth-order valence-corrected chi connectivity index (χ4v) is 4.20. The van der Waals surface area contributed by atoms with Gasteiger partial charge in [0.2, 0.25) is 11.8 Å². The molecule has 2 saturated carbocycles. The first-order valence-electron chi connectivity index (χ1n) is 8.74. The highest BCUT2D eigenvalue weighted by atomic mass is 16.2. The predicted molar refractivity (Wildman–Crippen MR) is 86.2 cm³/mol. The standard InChI is InChI=1S/C18H30N2O2/c1-15(2)5-9-17(10-6-15)13(21)20-18(14(22)19-17)11-7-16(3,4)8-12-18/h5-12H2,1-4H3,(H,19,22)(H,20,21). The molecule has 2 spiro atoms. The van der Waals surface area contributed by atoms with Gasteiger partial charge in [-0.15, -0.1) is 0 Å². The van der Waals surface area contributed by atoms with Gasteiger partial charge in [-0.1, -0.05) is 27.7 Å². The van der Waals surface area contributed by atoms with Gasteiger partial charge in [-0.25, -0.2) is 0 Å². The summed E-state index contributed by atoms with van der Waals surface area (Å²) in [5, 5.41) is 6.31. The smallest absolute Gasteiger partial charge is 0.246 e. The molecule has 0 radical (unpaired) electrons. The van der Waals surface area contributed by atoms with E-state index in [9.17, 15) is 9.59 Å². The number of piperazine rings is 1. The SMILES string of the molecule is CC1(C)CCC2(CC1)NC(=O)C1(CCC(C)(C)CC1)NC2=O. The molecule has 124 valence electrons. The van der Waals surface area contributed by atoms with Crippen molar-refractivity contribution in [2.45, 2.75) is 90.1 Å². The van der Waals surface area contributed by atoms with Crippen molar-refractivity contribution in [2.75, 3.05) is 0 Å². The van der Waals surface area contributed by atoms with Gasteiger partial charge in [-0.2, -0.15) is 0 Å². The van der Waals surface area contributed by atoms with Crippen LogP contribution in [-0.2, 0) is 9.59 Å². The lowest BCUT2D eigenvalue weighted by Crippen LogP contribution is -2.76. The molecule has 22 heavy (non-hydrogen) atoms. The van der Waals surface area contributed by atoms with Crippen LogP contribution < -0.4 is 10.6 Å². The third-order valence-corrected chi connectivity index (χ3v) is 6.49. The van der Waals surface area contributed by atoms with Crippen LogP contribution >= 0.6 is 0 Å². The maximum Gasteiger partial charge on any atom is 0.246 e. The minimum atomic E-state index is -0.648. The molecule has 0 bridgehead atoms. The predicted octanol–water partition coefficient (Wildman–Crippen LogP) is 2.91. The van der Waals surface area contributed by atoms with E-state index in [1.807, 2.05) is 0 Å². The summed E-state index contributed by atoms with van der Waals surface area (Å²) in [4.78, 5) is 25.7. The fraction of sp³-hybridized carbons (Fsp3) is 0.889. The van der Waals surface area contributed by atoms with Gasteiger partial charge in [-0.05, 0) is 62.2 Å². The molecule has 3 aliphatic rings. The average Bonchev–Trinajstić information content (AvgIpc) is 2.43. The normalized spacial score (nSPS) is 31.6. The third-order valence-electron chi connectivity index (χ3n) is 6.49. The number of rotatable bonds is 0. The molecule has 0 atom stereocenters. The zero-order valence-electron chi connectivity index (χ0n) is 14.5. The lowest BCUT2D eigenvalue weighted by Gasteiger charge is -2.52. The molecule has 4 heteroatoms. The van der Waals surface area contributed by atoms with Crippen molar-refractivity contribution in [3.63, 3.8) is 0 Å². The second-order valence-electron chi connectivity index (χ2n) is 9.40. The van der Waals surface area contributed by atoms with Crippen molar-refractivity contribution in [1.82, 2.24) is 10.6 Å². The monoisotopic (exact) mass is 306 g/mol. The number of carbonyl (C=O) groups is 2. The van der Waals surface area contributed by atoms with E-state index in [4.69, 9.17) is 0 Å². The number of hydrogen-bond donors (Lipinski definition) is 2. The lowest BCUT2D eigenvalue weighted by molar-refractivity contribution is -0.151. The molecule has 0 aromatic rings. The van der Waals surface area contributed by atoms with E-state index in [-0.39, 0.29) is 22.6 Å². The van der Waals surface area contributed by atoms with E-state index in [2.05, 4.69) is 38.3 Å². The summed E-state index contributed by atoms with van der Waals surface area (Å²) < 4.78 is 0. The van der Waals surface area contributed by atoms with Gasteiger partial charge < -0.3 is 10.6 Å². The molecule has 1 aliphatic heterocycles. The Morgan fingerprint density at radius 2 is 0.864 bits per heavy atom. The first-order valence-corrected chi connectivity index (χ1v) is 8.74. The Balaban J connectivity index is 1.76. The van der Waals surface area contributed by atoms with Crippen LogP contribution in [0.5, 0.6) is 0 Å². The summed E-state index contributed by atoms with van der Waals surface area (Å²) in [6, 6.07) is 0. The molecule has 2 N–H and O–H groups in total. The van der Waals surface area contributed by atoms with E-state index in [0.29, 0.717) is 0 Å². The molecule has 0 unspecified atom stereocenters. The van der Waals surface area contributed by atoms with E-state index in [1.165, 1.54) is 0 Å². The summed E-state index contributed by atoms with van der Waals surface area (Å²) in [7, 11) is 0. The van der Waals surface area contributed by atoms with Crippen LogP contribution in [0, 0.1) is 10.8 Å². The Morgan fingerprint density at radius 1 is 0.591 bits per heavy atom. The van der Waals surface area contributed by atoms with Crippen LogP contribution in [-0.4, -0.2) is 22.9 Å². The second kappa shape index (κ2) is 4.72. The van der Waals surface area contributed by atoms with Crippen LogP contribution in [0.15, 0.2) is 0 Å². The molecule has 2 aliphatic carbocycles. The molecule has 3 fully saturated rings. The van der Waals surface area contributed by atoms with Gasteiger partial charge in [0.25, 0.3) is 0 Å². The number of carbonyl (C=O) groups excluding carboxylic acids is 2. The van der Waals surface area contributed by atoms with Crippen molar-refractivity contribution in [1.29, 1.82) is 0 Å². The molecule has 3 rings (SSSR count). The maximum absolute atomic E-state index is 12.8. The van der Waals surface area contributed by atoms with Gasteiger partial charge in [-0.3, -0.25) is 9.59 Å². The van der Waals surface area contributed by atoms with Crippen LogP contribution in [0.2, 0.25) is 0 Å². The minimum Gasteiger partial charge on any atom is -0.340 e. The third kappa shape index (κ3) is 2.55. The van der Waals surface area contributed by atoms with Gasteiger partial charge >= 0.3 is 0 Å². The number of amides is 2. The van der Waals surface area contributed by atoms with E-state index in [0.717, 1.165) is 51.4 Å². The Morgan fingerprint density at radius 3 is 1.14 bits per heavy atom. The largest absolute Gasteiger partial charge is 0.340 e. The summed E-state index contributed by atoms with van der Waals surface area (Å²) in [6.07, 6.45) is 7.00. The molecular weight excluding hydrogens is 276 g/mol.